The van der Waals surface area contributed by atoms with Gasteiger partial charge in [-0.05, 0) is 113 Å². The number of H-pyrrole nitrogens is 1. The predicted molar refractivity (Wildman–Crippen MR) is 194 cm³/mol. The Kier molecular flexibility index (Phi) is 11.5. The molecule has 2 heterocycles. The highest BCUT2D eigenvalue weighted by atomic mass is 16.6. The average Bonchev–Trinajstić information content (AvgIpc) is 3.04. The maximum atomic E-state index is 13.9. The number of pyridine rings is 1. The van der Waals surface area contributed by atoms with E-state index in [4.69, 9.17) is 9.47 Å². The van der Waals surface area contributed by atoms with E-state index in [-0.39, 0.29) is 36.2 Å². The summed E-state index contributed by atoms with van der Waals surface area (Å²) in [7, 11) is 2.10. The zero-order chi connectivity index (χ0) is 35.3. The maximum Gasteiger partial charge on any atom is 0.407 e. The Morgan fingerprint density at radius 1 is 0.980 bits per heavy atom. The van der Waals surface area contributed by atoms with Gasteiger partial charge in [-0.25, -0.2) is 4.79 Å². The Morgan fingerprint density at radius 3 is 2.29 bits per heavy atom. The summed E-state index contributed by atoms with van der Waals surface area (Å²) >= 11 is 0. The van der Waals surface area contributed by atoms with Crippen LogP contribution < -0.4 is 21.1 Å². The van der Waals surface area contributed by atoms with E-state index in [0.717, 1.165) is 92.2 Å². The first-order valence-corrected chi connectivity index (χ1v) is 17.5. The smallest absolute Gasteiger partial charge is 0.407 e. The molecule has 1 aromatic heterocycles. The lowest BCUT2D eigenvalue weighted by atomic mass is 9.89. The number of benzene rings is 2. The van der Waals surface area contributed by atoms with Crippen LogP contribution >= 0.6 is 0 Å². The van der Waals surface area contributed by atoms with Gasteiger partial charge in [0.15, 0.2) is 0 Å². The first-order chi connectivity index (χ1) is 23.3. The molecule has 5 rings (SSSR count). The minimum Gasteiger partial charge on any atom is -0.444 e. The van der Waals surface area contributed by atoms with Crippen molar-refractivity contribution in [3.8, 4) is 11.1 Å². The molecule has 10 heteroatoms. The molecule has 3 aromatic rings. The highest BCUT2D eigenvalue weighted by Crippen LogP contribution is 2.35. The number of rotatable bonds is 9. The van der Waals surface area contributed by atoms with Gasteiger partial charge >= 0.3 is 6.09 Å². The molecule has 1 saturated heterocycles. The Hall–Kier alpha value is -4.15. The zero-order valence-corrected chi connectivity index (χ0v) is 30.2. The fraction of sp³-hybridized carbons (Fsp3) is 0.513. The van der Waals surface area contributed by atoms with Crippen LogP contribution in [0.15, 0.2) is 47.3 Å². The van der Waals surface area contributed by atoms with E-state index >= 15 is 0 Å². The second-order valence-corrected chi connectivity index (χ2v) is 14.6. The maximum absolute atomic E-state index is 13.9. The molecule has 1 aliphatic carbocycles. The number of ether oxygens (including phenoxy) is 2. The Labute approximate surface area is 290 Å². The predicted octanol–water partition coefficient (Wildman–Crippen LogP) is 6.00. The summed E-state index contributed by atoms with van der Waals surface area (Å²) in [5.74, 6) is -0.220. The van der Waals surface area contributed by atoms with E-state index in [1.54, 1.807) is 0 Å². The number of hydrogen-bond donors (Lipinski definition) is 3. The number of nitrogens with one attached hydrogen (secondary N) is 3. The third kappa shape index (κ3) is 9.51. The van der Waals surface area contributed by atoms with E-state index in [1.807, 2.05) is 53.7 Å². The molecule has 0 bridgehead atoms. The minimum atomic E-state index is -0.536. The molecule has 2 amide bonds. The van der Waals surface area contributed by atoms with Gasteiger partial charge in [-0.15, -0.1) is 0 Å². The number of aromatic amines is 1. The zero-order valence-electron chi connectivity index (χ0n) is 30.2. The molecule has 3 N–H and O–H groups in total. The van der Waals surface area contributed by atoms with Crippen molar-refractivity contribution in [3.05, 3.63) is 86.3 Å². The van der Waals surface area contributed by atoms with Gasteiger partial charge < -0.3 is 30.0 Å². The number of anilines is 1. The van der Waals surface area contributed by atoms with Crippen molar-refractivity contribution in [2.24, 2.45) is 0 Å². The monoisotopic (exact) mass is 671 g/mol. The molecule has 2 aliphatic rings. The number of carbonyl (C=O) groups is 2. The van der Waals surface area contributed by atoms with Gasteiger partial charge in [0.25, 0.3) is 11.5 Å². The van der Waals surface area contributed by atoms with Gasteiger partial charge in [0.05, 0.1) is 13.2 Å². The number of morpholine rings is 1. The van der Waals surface area contributed by atoms with Crippen molar-refractivity contribution in [2.45, 2.75) is 98.0 Å². The van der Waals surface area contributed by atoms with Gasteiger partial charge in [-0.3, -0.25) is 14.5 Å². The molecular weight excluding hydrogens is 618 g/mol. The summed E-state index contributed by atoms with van der Waals surface area (Å²) in [6.07, 6.45) is 3.11. The lowest BCUT2D eigenvalue weighted by Crippen LogP contribution is -2.44. The largest absolute Gasteiger partial charge is 0.444 e. The first kappa shape index (κ1) is 36.1. The summed E-state index contributed by atoms with van der Waals surface area (Å²) in [4.78, 5) is 46.5. The van der Waals surface area contributed by atoms with E-state index in [2.05, 4.69) is 62.8 Å². The molecular formula is C39H53N5O5. The number of aryl methyl sites for hydroxylation is 2. The molecule has 0 radical (unpaired) electrons. The minimum absolute atomic E-state index is 0.0672. The van der Waals surface area contributed by atoms with Gasteiger partial charge in [0.1, 0.15) is 5.60 Å². The topological polar surface area (TPSA) is 116 Å². The SMILES string of the molecule is Cc1cc(C)c(CNC(=O)c2cc(-c3ccc(CN4CCOCC4)cc3)cc(N(C)C3CCC(NC(=O)OC(C)(C)C)CC3)c2C)c(=O)[nH]1. The van der Waals surface area contributed by atoms with Gasteiger partial charge in [-0.1, -0.05) is 24.3 Å². The van der Waals surface area contributed by atoms with Gasteiger partial charge in [0, 0.05) is 67.8 Å². The van der Waals surface area contributed by atoms with Crippen molar-refractivity contribution in [2.75, 3.05) is 38.3 Å². The second kappa shape index (κ2) is 15.6. The number of hydrogen-bond acceptors (Lipinski definition) is 7. The number of amides is 2. The van der Waals surface area contributed by atoms with Crippen molar-refractivity contribution in [1.82, 2.24) is 20.5 Å². The number of aromatic nitrogens is 1. The molecule has 0 unspecified atom stereocenters. The number of alkyl carbamates (subject to hydrolysis) is 1. The van der Waals surface area contributed by atoms with Gasteiger partial charge in [0.2, 0.25) is 0 Å². The van der Waals surface area contributed by atoms with Crippen molar-refractivity contribution in [1.29, 1.82) is 0 Å². The summed E-state index contributed by atoms with van der Waals surface area (Å²) in [5, 5.41) is 6.07. The van der Waals surface area contributed by atoms with E-state index in [9.17, 15) is 14.4 Å². The standard InChI is InChI=1S/C39H53N5O5/c1-25-20-26(2)41-37(46)34(25)23-40-36(45)33-21-30(29-10-8-28(9-11-29)24-44-16-18-48-19-17-44)22-35(27(33)3)43(7)32-14-12-31(13-15-32)42-38(47)49-39(4,5)6/h8-11,20-22,31-32H,12-19,23-24H2,1-7H3,(H,40,45)(H,41,46)(H,42,47). The van der Waals surface area contributed by atoms with E-state index < -0.39 is 5.60 Å². The summed E-state index contributed by atoms with van der Waals surface area (Å²) in [6, 6.07) is 15.0. The highest BCUT2D eigenvalue weighted by Gasteiger charge is 2.28. The number of nitrogens with zero attached hydrogens (tertiary/aromatic N) is 2. The average molecular weight is 672 g/mol. The Bertz CT molecular complexity index is 1680. The van der Waals surface area contributed by atoms with Crippen molar-refractivity contribution in [3.63, 3.8) is 0 Å². The summed E-state index contributed by atoms with van der Waals surface area (Å²) in [5.41, 5.74) is 7.17. The fourth-order valence-electron chi connectivity index (χ4n) is 6.93. The molecule has 2 aromatic carbocycles. The van der Waals surface area contributed by atoms with Crippen LogP contribution in [0.3, 0.4) is 0 Å². The quantitative estimate of drug-likeness (QED) is 0.256. The molecule has 49 heavy (non-hydrogen) atoms. The van der Waals surface area contributed by atoms with E-state index in [1.165, 1.54) is 5.56 Å². The lowest BCUT2D eigenvalue weighted by molar-refractivity contribution is 0.0342. The van der Waals surface area contributed by atoms with E-state index in [0.29, 0.717) is 11.1 Å². The highest BCUT2D eigenvalue weighted by molar-refractivity contribution is 5.99. The molecule has 1 aliphatic heterocycles. The lowest BCUT2D eigenvalue weighted by Gasteiger charge is -2.37. The van der Waals surface area contributed by atoms with Crippen molar-refractivity contribution < 1.29 is 19.1 Å². The molecule has 0 spiro atoms. The fourth-order valence-corrected chi connectivity index (χ4v) is 6.93. The molecule has 264 valence electrons. The second-order valence-electron chi connectivity index (χ2n) is 14.6. The van der Waals surface area contributed by atoms with Crippen LogP contribution in [0.4, 0.5) is 10.5 Å². The Morgan fingerprint density at radius 2 is 1.65 bits per heavy atom. The van der Waals surface area contributed by atoms with Crippen molar-refractivity contribution >= 4 is 17.7 Å². The molecule has 10 nitrogen and oxygen atoms in total. The van der Waals surface area contributed by atoms with Crippen LogP contribution in [-0.4, -0.2) is 72.9 Å². The summed E-state index contributed by atoms with van der Waals surface area (Å²) in [6.45, 7) is 15.8. The van der Waals surface area contributed by atoms with Crippen LogP contribution in [0.25, 0.3) is 11.1 Å². The third-order valence-electron chi connectivity index (χ3n) is 9.69. The van der Waals surface area contributed by atoms with Crippen LogP contribution in [0.1, 0.15) is 84.8 Å². The van der Waals surface area contributed by atoms with Crippen LogP contribution in [-0.2, 0) is 22.6 Å². The normalized spacial score (nSPS) is 18.5. The third-order valence-corrected chi connectivity index (χ3v) is 9.69. The summed E-state index contributed by atoms with van der Waals surface area (Å²) < 4.78 is 11.0. The molecule has 1 saturated carbocycles. The van der Waals surface area contributed by atoms with Crippen LogP contribution in [0.2, 0.25) is 0 Å². The molecule has 0 atom stereocenters. The molecule has 2 fully saturated rings. The van der Waals surface area contributed by atoms with Crippen LogP contribution in [0, 0.1) is 20.8 Å². The Balaban J connectivity index is 1.38. The first-order valence-electron chi connectivity index (χ1n) is 17.5. The number of carbonyl (C=O) groups excluding carboxylic acids is 2. The van der Waals surface area contributed by atoms with Gasteiger partial charge in [-0.2, -0.15) is 0 Å². The van der Waals surface area contributed by atoms with Crippen LogP contribution in [0.5, 0.6) is 0 Å².